The SMILES string of the molecule is CC(C)c1c2ccccc2n2c(N)nc3ccccc3c12. The number of fused-ring (bicyclic) bond motifs is 5. The van der Waals surface area contributed by atoms with Gasteiger partial charge in [-0.3, -0.25) is 4.40 Å². The topological polar surface area (TPSA) is 43.3 Å². The van der Waals surface area contributed by atoms with E-state index in [4.69, 9.17) is 5.73 Å². The molecule has 0 saturated heterocycles. The van der Waals surface area contributed by atoms with E-state index in [1.807, 2.05) is 18.2 Å². The Morgan fingerprint density at radius 2 is 1.62 bits per heavy atom. The predicted octanol–water partition coefficient (Wildman–Crippen LogP) is 4.35. The van der Waals surface area contributed by atoms with Crippen LogP contribution in [0.1, 0.15) is 25.3 Å². The van der Waals surface area contributed by atoms with Crippen LogP contribution in [0.15, 0.2) is 48.5 Å². The minimum absolute atomic E-state index is 0.421. The second-order valence-electron chi connectivity index (χ2n) is 5.76. The first kappa shape index (κ1) is 12.2. The summed E-state index contributed by atoms with van der Waals surface area (Å²) in [5.74, 6) is 0.969. The van der Waals surface area contributed by atoms with Crippen LogP contribution in [0, 0.1) is 0 Å². The van der Waals surface area contributed by atoms with Crippen molar-refractivity contribution in [2.75, 3.05) is 5.73 Å². The predicted molar refractivity (Wildman–Crippen MR) is 88.7 cm³/mol. The lowest BCUT2D eigenvalue weighted by Crippen LogP contribution is -2.01. The fraction of sp³-hybridized carbons (Fsp3) is 0.167. The van der Waals surface area contributed by atoms with E-state index >= 15 is 0 Å². The van der Waals surface area contributed by atoms with Gasteiger partial charge in [0.1, 0.15) is 0 Å². The molecule has 0 unspecified atom stereocenters. The van der Waals surface area contributed by atoms with Crippen molar-refractivity contribution < 1.29 is 0 Å². The first-order valence-corrected chi connectivity index (χ1v) is 7.25. The maximum Gasteiger partial charge on any atom is 0.205 e. The van der Waals surface area contributed by atoms with Crippen molar-refractivity contribution in [2.24, 2.45) is 0 Å². The Bertz CT molecular complexity index is 980. The van der Waals surface area contributed by atoms with E-state index in [-0.39, 0.29) is 0 Å². The van der Waals surface area contributed by atoms with Crippen LogP contribution in [0.4, 0.5) is 5.95 Å². The van der Waals surface area contributed by atoms with Gasteiger partial charge in [-0.15, -0.1) is 0 Å². The Hall–Kier alpha value is -2.55. The fourth-order valence-electron chi connectivity index (χ4n) is 3.30. The highest BCUT2D eigenvalue weighted by atomic mass is 15.1. The van der Waals surface area contributed by atoms with E-state index in [2.05, 4.69) is 53.6 Å². The number of nitrogens with zero attached hydrogens (tertiary/aromatic N) is 2. The van der Waals surface area contributed by atoms with Crippen LogP contribution < -0.4 is 5.73 Å². The van der Waals surface area contributed by atoms with Crippen LogP contribution in [0.25, 0.3) is 27.3 Å². The Morgan fingerprint density at radius 1 is 0.952 bits per heavy atom. The molecule has 0 spiro atoms. The summed E-state index contributed by atoms with van der Waals surface area (Å²) in [4.78, 5) is 4.57. The summed E-state index contributed by atoms with van der Waals surface area (Å²) >= 11 is 0. The van der Waals surface area contributed by atoms with Gasteiger partial charge < -0.3 is 5.73 Å². The summed E-state index contributed by atoms with van der Waals surface area (Å²) in [6.07, 6.45) is 0. The van der Waals surface area contributed by atoms with Crippen molar-refractivity contribution in [3.05, 3.63) is 54.1 Å². The number of rotatable bonds is 1. The zero-order valence-corrected chi connectivity index (χ0v) is 12.2. The minimum atomic E-state index is 0.421. The molecule has 0 amide bonds. The van der Waals surface area contributed by atoms with Crippen LogP contribution in [-0.4, -0.2) is 9.38 Å². The molecular formula is C18H17N3. The molecule has 4 aromatic rings. The Labute approximate surface area is 123 Å². The molecule has 0 radical (unpaired) electrons. The second-order valence-corrected chi connectivity index (χ2v) is 5.76. The number of aromatic nitrogens is 2. The van der Waals surface area contributed by atoms with Gasteiger partial charge in [-0.25, -0.2) is 4.98 Å². The second kappa shape index (κ2) is 4.22. The van der Waals surface area contributed by atoms with E-state index < -0.39 is 0 Å². The molecule has 0 bridgehead atoms. The number of benzene rings is 2. The van der Waals surface area contributed by atoms with Crippen LogP contribution in [0.3, 0.4) is 0 Å². The van der Waals surface area contributed by atoms with Gasteiger partial charge in [-0.2, -0.15) is 0 Å². The van der Waals surface area contributed by atoms with Crippen molar-refractivity contribution >= 4 is 33.3 Å². The lowest BCUT2D eigenvalue weighted by atomic mass is 9.99. The lowest BCUT2D eigenvalue weighted by molar-refractivity contribution is 0.884. The molecule has 4 rings (SSSR count). The fourth-order valence-corrected chi connectivity index (χ4v) is 3.30. The zero-order chi connectivity index (χ0) is 14.6. The molecule has 3 nitrogen and oxygen atoms in total. The van der Waals surface area contributed by atoms with Crippen LogP contribution in [0.2, 0.25) is 0 Å². The third-order valence-electron chi connectivity index (χ3n) is 4.11. The highest BCUT2D eigenvalue weighted by molar-refractivity contribution is 6.05. The first-order chi connectivity index (χ1) is 10.2. The van der Waals surface area contributed by atoms with Crippen molar-refractivity contribution in [3.8, 4) is 0 Å². The van der Waals surface area contributed by atoms with E-state index in [9.17, 15) is 0 Å². The lowest BCUT2D eigenvalue weighted by Gasteiger charge is -2.09. The maximum absolute atomic E-state index is 6.25. The van der Waals surface area contributed by atoms with Crippen LogP contribution >= 0.6 is 0 Å². The number of nitrogens with two attached hydrogens (primary N) is 1. The molecule has 104 valence electrons. The number of hydrogen-bond acceptors (Lipinski definition) is 2. The van der Waals surface area contributed by atoms with Gasteiger partial charge in [0.15, 0.2) is 0 Å². The summed E-state index contributed by atoms with van der Waals surface area (Å²) in [5, 5.41) is 2.42. The quantitative estimate of drug-likeness (QED) is 0.561. The molecule has 2 aromatic carbocycles. The molecular weight excluding hydrogens is 258 g/mol. The van der Waals surface area contributed by atoms with Gasteiger partial charge in [0.25, 0.3) is 0 Å². The summed E-state index contributed by atoms with van der Waals surface area (Å²) in [6.45, 7) is 4.46. The minimum Gasteiger partial charge on any atom is -0.369 e. The molecule has 21 heavy (non-hydrogen) atoms. The van der Waals surface area contributed by atoms with Crippen molar-refractivity contribution in [1.82, 2.24) is 9.38 Å². The Balaban J connectivity index is 2.40. The third kappa shape index (κ3) is 1.57. The summed E-state index contributed by atoms with van der Waals surface area (Å²) < 4.78 is 2.09. The van der Waals surface area contributed by atoms with Crippen molar-refractivity contribution in [3.63, 3.8) is 0 Å². The standard InChI is InChI=1S/C18H17N3/c1-11(2)16-13-8-4-6-10-15(13)21-17(16)12-7-3-5-9-14(12)20-18(21)19/h3-11H,1-2H3,(H2,19,20). The third-order valence-corrected chi connectivity index (χ3v) is 4.11. The molecule has 3 heteroatoms. The number of para-hydroxylation sites is 2. The van der Waals surface area contributed by atoms with E-state index in [0.29, 0.717) is 11.9 Å². The van der Waals surface area contributed by atoms with Gasteiger partial charge in [-0.1, -0.05) is 50.2 Å². The summed E-state index contributed by atoms with van der Waals surface area (Å²) in [5.41, 5.74) is 10.9. The van der Waals surface area contributed by atoms with Gasteiger partial charge in [0, 0.05) is 10.8 Å². The summed E-state index contributed by atoms with van der Waals surface area (Å²) in [6, 6.07) is 16.6. The number of nitrogen functional groups attached to an aromatic ring is 1. The van der Waals surface area contributed by atoms with Gasteiger partial charge >= 0.3 is 0 Å². The van der Waals surface area contributed by atoms with Gasteiger partial charge in [0.2, 0.25) is 5.95 Å². The monoisotopic (exact) mass is 275 g/mol. The van der Waals surface area contributed by atoms with Crippen molar-refractivity contribution in [1.29, 1.82) is 0 Å². The Morgan fingerprint density at radius 3 is 2.38 bits per heavy atom. The molecule has 2 heterocycles. The summed E-state index contributed by atoms with van der Waals surface area (Å²) in [7, 11) is 0. The molecule has 0 fully saturated rings. The normalized spacial score (nSPS) is 12.0. The first-order valence-electron chi connectivity index (χ1n) is 7.25. The van der Waals surface area contributed by atoms with E-state index in [1.165, 1.54) is 16.5 Å². The maximum atomic E-state index is 6.25. The number of anilines is 1. The molecule has 2 N–H and O–H groups in total. The molecule has 0 atom stereocenters. The van der Waals surface area contributed by atoms with Gasteiger partial charge in [0.05, 0.1) is 16.6 Å². The smallest absolute Gasteiger partial charge is 0.205 e. The van der Waals surface area contributed by atoms with Crippen molar-refractivity contribution in [2.45, 2.75) is 19.8 Å². The molecule has 0 aliphatic rings. The van der Waals surface area contributed by atoms with Gasteiger partial charge in [-0.05, 0) is 23.6 Å². The van der Waals surface area contributed by atoms with Crippen LogP contribution in [-0.2, 0) is 0 Å². The van der Waals surface area contributed by atoms with Crippen LogP contribution in [0.5, 0.6) is 0 Å². The average Bonchev–Trinajstić information content (AvgIpc) is 2.83. The van der Waals surface area contributed by atoms with E-state index in [1.54, 1.807) is 0 Å². The average molecular weight is 275 g/mol. The number of hydrogen-bond donors (Lipinski definition) is 1. The van der Waals surface area contributed by atoms with E-state index in [0.717, 1.165) is 16.4 Å². The Kier molecular flexibility index (Phi) is 2.45. The highest BCUT2D eigenvalue weighted by Gasteiger charge is 2.18. The molecule has 0 aliphatic heterocycles. The molecule has 2 aromatic heterocycles. The molecule has 0 aliphatic carbocycles. The highest BCUT2D eigenvalue weighted by Crippen LogP contribution is 2.36. The zero-order valence-electron chi connectivity index (χ0n) is 12.2. The molecule has 0 saturated carbocycles. The largest absolute Gasteiger partial charge is 0.369 e.